The highest BCUT2D eigenvalue weighted by Gasteiger charge is 2.33. The number of aliphatic hydroxyl groups is 1. The molecule has 0 bridgehead atoms. The van der Waals surface area contributed by atoms with Crippen molar-refractivity contribution in [2.24, 2.45) is 0 Å². The first-order chi connectivity index (χ1) is 8.09. The zero-order chi connectivity index (χ0) is 13.0. The molecule has 1 atom stereocenters. The highest BCUT2D eigenvalue weighted by atomic mass is 16.5. The second-order valence-corrected chi connectivity index (χ2v) is 3.79. The predicted molar refractivity (Wildman–Crippen MR) is 63.3 cm³/mol. The van der Waals surface area contributed by atoms with Crippen molar-refractivity contribution in [3.63, 3.8) is 0 Å². The molecule has 0 amide bonds. The van der Waals surface area contributed by atoms with Crippen LogP contribution in [0.1, 0.15) is 22.8 Å². The molecular weight excluding hydrogens is 223 g/mol. The van der Waals surface area contributed by atoms with Crippen LogP contribution in [0, 0.1) is 0 Å². The number of aliphatic hydroxyl groups excluding tert-OH is 1. The molecule has 3 N–H and O–H groups in total. The average molecular weight is 238 g/mol. The van der Waals surface area contributed by atoms with Gasteiger partial charge in [0.2, 0.25) is 0 Å². The van der Waals surface area contributed by atoms with E-state index in [0.717, 1.165) is 12.7 Å². The molecule has 92 valence electrons. The molecular formula is C11H15BO5. The van der Waals surface area contributed by atoms with Gasteiger partial charge in [-0.1, -0.05) is 19.1 Å². The molecule has 1 aromatic carbocycles. The van der Waals surface area contributed by atoms with Gasteiger partial charge in [-0.05, 0) is 18.1 Å². The Kier molecular flexibility index (Phi) is 4.54. The Morgan fingerprint density at radius 3 is 2.71 bits per heavy atom. The van der Waals surface area contributed by atoms with Gasteiger partial charge in [0.1, 0.15) is 5.75 Å². The number of carboxylic acids is 1. The minimum Gasteiger partial charge on any atom is -0.535 e. The Balaban J connectivity index is 0.000000686. The number of aromatic carboxylic acids is 1. The maximum atomic E-state index is 10.9. The summed E-state index contributed by atoms with van der Waals surface area (Å²) in [5, 5.41) is 25.4. The first-order valence-electron chi connectivity index (χ1n) is 5.24. The summed E-state index contributed by atoms with van der Waals surface area (Å²) in [6.45, 7) is 1.86. The monoisotopic (exact) mass is 238 g/mol. The van der Waals surface area contributed by atoms with Gasteiger partial charge in [0.25, 0.3) is 0 Å². The minimum absolute atomic E-state index is 0.0125. The van der Waals surface area contributed by atoms with Gasteiger partial charge in [0.05, 0.1) is 5.56 Å². The van der Waals surface area contributed by atoms with Gasteiger partial charge < -0.3 is 19.9 Å². The highest BCUT2D eigenvalue weighted by Crippen LogP contribution is 2.34. The summed E-state index contributed by atoms with van der Waals surface area (Å²) in [6, 6.07) is 4.99. The zero-order valence-corrected chi connectivity index (χ0v) is 9.75. The lowest BCUT2D eigenvalue weighted by molar-refractivity contribution is 0.0694. The van der Waals surface area contributed by atoms with Gasteiger partial charge in [0.15, 0.2) is 0 Å². The number of rotatable bonds is 1. The summed E-state index contributed by atoms with van der Waals surface area (Å²) < 4.78 is 5.21. The summed E-state index contributed by atoms with van der Waals surface area (Å²) in [6.07, 6.45) is 0.637. The van der Waals surface area contributed by atoms with Crippen molar-refractivity contribution < 1.29 is 24.7 Å². The van der Waals surface area contributed by atoms with Gasteiger partial charge in [-0.3, -0.25) is 0 Å². The highest BCUT2D eigenvalue weighted by molar-refractivity contribution is 6.46. The van der Waals surface area contributed by atoms with Crippen molar-refractivity contribution in [3.8, 4) is 5.75 Å². The van der Waals surface area contributed by atoms with E-state index in [1.807, 2.05) is 13.0 Å². The first kappa shape index (κ1) is 13.5. The molecule has 1 heterocycles. The van der Waals surface area contributed by atoms with Crippen LogP contribution in [0.15, 0.2) is 18.2 Å². The van der Waals surface area contributed by atoms with Crippen LogP contribution in [0.25, 0.3) is 0 Å². The van der Waals surface area contributed by atoms with E-state index in [0.29, 0.717) is 12.2 Å². The third-order valence-corrected chi connectivity index (χ3v) is 2.59. The lowest BCUT2D eigenvalue weighted by Crippen LogP contribution is -2.33. The molecule has 1 aromatic rings. The zero-order valence-electron chi connectivity index (χ0n) is 9.75. The van der Waals surface area contributed by atoms with Gasteiger partial charge in [-0.2, -0.15) is 0 Å². The molecule has 6 heteroatoms. The van der Waals surface area contributed by atoms with Crippen LogP contribution in [-0.2, 0) is 6.42 Å². The predicted octanol–water partition coefficient (Wildman–Crippen LogP) is 0.799. The lowest BCUT2D eigenvalue weighted by Gasteiger charge is -2.25. The van der Waals surface area contributed by atoms with Crippen molar-refractivity contribution in [1.82, 2.24) is 0 Å². The standard InChI is InChI=1S/C10H11BO4.CH4O/c1-6-5-7-3-2-4-8(10(12)13)9(7)15-11(6)14;1-2/h2-4,6,14H,5H2,1H3,(H,12,13);2H,1H3. The largest absolute Gasteiger partial charge is 0.535 e. The Labute approximate surface area is 99.8 Å². The number of fused-ring (bicyclic) bond motifs is 1. The topological polar surface area (TPSA) is 87.0 Å². The van der Waals surface area contributed by atoms with E-state index in [1.165, 1.54) is 6.07 Å². The fraction of sp³-hybridized carbons (Fsp3) is 0.364. The first-order valence-corrected chi connectivity index (χ1v) is 5.24. The van der Waals surface area contributed by atoms with E-state index in [2.05, 4.69) is 0 Å². The molecule has 0 saturated carbocycles. The maximum Gasteiger partial charge on any atom is 0.525 e. The Morgan fingerprint density at radius 1 is 1.47 bits per heavy atom. The average Bonchev–Trinajstić information content (AvgIpc) is 2.32. The molecule has 17 heavy (non-hydrogen) atoms. The van der Waals surface area contributed by atoms with Gasteiger partial charge in [0, 0.05) is 12.9 Å². The quantitative estimate of drug-likeness (QED) is 0.630. The summed E-state index contributed by atoms with van der Waals surface area (Å²) in [4.78, 5) is 10.9. The van der Waals surface area contributed by atoms with Crippen LogP contribution in [0.3, 0.4) is 0 Å². The van der Waals surface area contributed by atoms with E-state index in [1.54, 1.807) is 6.07 Å². The molecule has 0 spiro atoms. The number of carboxylic acid groups (broad SMARTS) is 1. The lowest BCUT2D eigenvalue weighted by atomic mass is 9.68. The number of hydrogen-bond donors (Lipinski definition) is 3. The van der Waals surface area contributed by atoms with Crippen molar-refractivity contribution in [2.45, 2.75) is 19.2 Å². The molecule has 2 rings (SSSR count). The minimum atomic E-state index is -1.03. The molecule has 0 radical (unpaired) electrons. The number of para-hydroxylation sites is 1. The van der Waals surface area contributed by atoms with Crippen molar-refractivity contribution >= 4 is 13.1 Å². The van der Waals surface area contributed by atoms with E-state index in [9.17, 15) is 9.82 Å². The van der Waals surface area contributed by atoms with Crippen LogP contribution in [0.2, 0.25) is 5.82 Å². The fourth-order valence-corrected chi connectivity index (χ4v) is 1.74. The van der Waals surface area contributed by atoms with Crippen LogP contribution in [0.4, 0.5) is 0 Å². The van der Waals surface area contributed by atoms with Gasteiger partial charge >= 0.3 is 13.1 Å². The molecule has 0 saturated heterocycles. The Bertz CT molecular complexity index is 407. The van der Waals surface area contributed by atoms with E-state index in [4.69, 9.17) is 14.9 Å². The maximum absolute atomic E-state index is 10.9. The molecule has 0 fully saturated rings. The van der Waals surface area contributed by atoms with Crippen molar-refractivity contribution in [3.05, 3.63) is 29.3 Å². The molecule has 5 nitrogen and oxygen atoms in total. The van der Waals surface area contributed by atoms with E-state index >= 15 is 0 Å². The molecule has 1 unspecified atom stereocenters. The Hall–Kier alpha value is -1.53. The second-order valence-electron chi connectivity index (χ2n) is 3.79. The third-order valence-electron chi connectivity index (χ3n) is 2.59. The van der Waals surface area contributed by atoms with Crippen LogP contribution in [-0.4, -0.2) is 35.4 Å². The summed E-state index contributed by atoms with van der Waals surface area (Å²) in [5.74, 6) is -0.745. The normalized spacial score (nSPS) is 17.4. The van der Waals surface area contributed by atoms with Crippen LogP contribution in [0.5, 0.6) is 5.75 Å². The molecule has 0 aromatic heterocycles. The Morgan fingerprint density at radius 2 is 2.12 bits per heavy atom. The number of carbonyl (C=O) groups is 1. The third kappa shape index (κ3) is 2.78. The van der Waals surface area contributed by atoms with E-state index in [-0.39, 0.29) is 11.4 Å². The summed E-state index contributed by atoms with van der Waals surface area (Å²) in [7, 11) is 0.0815. The number of benzene rings is 1. The smallest absolute Gasteiger partial charge is 0.525 e. The SMILES string of the molecule is CC1Cc2cccc(C(=O)O)c2OB1O.CO. The van der Waals surface area contributed by atoms with Crippen molar-refractivity contribution in [1.29, 1.82) is 0 Å². The molecule has 1 aliphatic rings. The number of hydrogen-bond acceptors (Lipinski definition) is 4. The second kappa shape index (κ2) is 5.70. The van der Waals surface area contributed by atoms with Crippen LogP contribution < -0.4 is 4.65 Å². The molecule has 0 aliphatic carbocycles. The van der Waals surface area contributed by atoms with Crippen LogP contribution >= 0.6 is 0 Å². The fourth-order valence-electron chi connectivity index (χ4n) is 1.74. The van der Waals surface area contributed by atoms with Gasteiger partial charge in [-0.25, -0.2) is 4.79 Å². The summed E-state index contributed by atoms with van der Waals surface area (Å²) >= 11 is 0. The van der Waals surface area contributed by atoms with Crippen molar-refractivity contribution in [2.75, 3.05) is 7.11 Å². The summed E-state index contributed by atoms with van der Waals surface area (Å²) in [5.41, 5.74) is 0.950. The van der Waals surface area contributed by atoms with Gasteiger partial charge in [-0.15, -0.1) is 0 Å². The van der Waals surface area contributed by atoms with E-state index < -0.39 is 13.1 Å². The molecule has 1 aliphatic heterocycles.